The van der Waals surface area contributed by atoms with E-state index in [2.05, 4.69) is 12.2 Å². The molecule has 27 heavy (non-hydrogen) atoms. The zero-order valence-electron chi connectivity index (χ0n) is 17.1. The molecule has 0 aromatic heterocycles. The van der Waals surface area contributed by atoms with E-state index in [1.807, 2.05) is 24.3 Å². The Balaban J connectivity index is 2.59. The maximum absolute atomic E-state index is 12.0. The van der Waals surface area contributed by atoms with Gasteiger partial charge in [0.2, 0.25) is 0 Å². The monoisotopic (exact) mass is 381 g/mol. The lowest BCUT2D eigenvalue weighted by molar-refractivity contribution is 0.0276. The summed E-state index contributed by atoms with van der Waals surface area (Å²) < 4.78 is 10.9. The Morgan fingerprint density at radius 2 is 1.70 bits per heavy atom. The van der Waals surface area contributed by atoms with Crippen molar-refractivity contribution in [3.63, 3.8) is 0 Å². The summed E-state index contributed by atoms with van der Waals surface area (Å²) in [6.07, 6.45) is 3.69. The average Bonchev–Trinajstić information content (AvgIpc) is 2.62. The van der Waals surface area contributed by atoms with E-state index in [-0.39, 0.29) is 13.2 Å². The fourth-order valence-electron chi connectivity index (χ4n) is 2.55. The first-order chi connectivity index (χ1) is 12.7. The third kappa shape index (κ3) is 9.11. The second-order valence-electron chi connectivity index (χ2n) is 7.92. The molecule has 0 radical (unpaired) electrons. The summed E-state index contributed by atoms with van der Waals surface area (Å²) in [4.78, 5) is 12.0. The number of aliphatic hydroxyl groups excluding tert-OH is 2. The zero-order chi connectivity index (χ0) is 20.3. The first-order valence-corrected chi connectivity index (χ1v) is 9.68. The Morgan fingerprint density at radius 3 is 2.22 bits per heavy atom. The number of aliphatic hydroxyl groups is 2. The molecule has 1 aromatic carbocycles. The van der Waals surface area contributed by atoms with E-state index in [9.17, 15) is 15.0 Å². The SMILES string of the molecule is CCCCCOc1ccc(CCC(CO)(CO)NC(=O)OC(C)(C)C)cc1. The van der Waals surface area contributed by atoms with E-state index in [4.69, 9.17) is 9.47 Å². The van der Waals surface area contributed by atoms with Crippen LogP contribution in [0.4, 0.5) is 4.79 Å². The van der Waals surface area contributed by atoms with Crippen LogP contribution in [0, 0.1) is 0 Å². The van der Waals surface area contributed by atoms with Crippen LogP contribution in [0.2, 0.25) is 0 Å². The molecular weight excluding hydrogens is 346 g/mol. The zero-order valence-corrected chi connectivity index (χ0v) is 17.1. The van der Waals surface area contributed by atoms with Crippen LogP contribution in [0.5, 0.6) is 5.75 Å². The van der Waals surface area contributed by atoms with Gasteiger partial charge in [-0.3, -0.25) is 0 Å². The summed E-state index contributed by atoms with van der Waals surface area (Å²) in [7, 11) is 0. The van der Waals surface area contributed by atoms with E-state index < -0.39 is 17.2 Å². The van der Waals surface area contributed by atoms with E-state index in [1.54, 1.807) is 20.8 Å². The molecule has 0 bridgehead atoms. The Hall–Kier alpha value is -1.79. The first-order valence-electron chi connectivity index (χ1n) is 9.68. The highest BCUT2D eigenvalue weighted by atomic mass is 16.6. The number of hydrogen-bond acceptors (Lipinski definition) is 5. The van der Waals surface area contributed by atoms with Gasteiger partial charge in [-0.1, -0.05) is 31.9 Å². The quantitative estimate of drug-likeness (QED) is 0.511. The summed E-state index contributed by atoms with van der Waals surface area (Å²) >= 11 is 0. The van der Waals surface area contributed by atoms with Gasteiger partial charge in [0.15, 0.2) is 0 Å². The van der Waals surface area contributed by atoms with E-state index in [0.717, 1.165) is 30.6 Å². The van der Waals surface area contributed by atoms with Crippen LogP contribution < -0.4 is 10.1 Å². The van der Waals surface area contributed by atoms with Gasteiger partial charge in [0, 0.05) is 0 Å². The minimum absolute atomic E-state index is 0.374. The van der Waals surface area contributed by atoms with Crippen molar-refractivity contribution < 1.29 is 24.5 Å². The van der Waals surface area contributed by atoms with Crippen molar-refractivity contribution in [1.82, 2.24) is 5.32 Å². The number of benzene rings is 1. The van der Waals surface area contributed by atoms with Crippen LogP contribution in [0.15, 0.2) is 24.3 Å². The molecule has 6 heteroatoms. The summed E-state index contributed by atoms with van der Waals surface area (Å²) in [5.74, 6) is 0.831. The van der Waals surface area contributed by atoms with Gasteiger partial charge in [-0.05, 0) is 57.7 Å². The van der Waals surface area contributed by atoms with Gasteiger partial charge in [0.1, 0.15) is 11.4 Å². The van der Waals surface area contributed by atoms with Gasteiger partial charge in [-0.15, -0.1) is 0 Å². The highest BCUT2D eigenvalue weighted by molar-refractivity contribution is 5.68. The molecule has 6 nitrogen and oxygen atoms in total. The molecule has 0 aliphatic rings. The van der Waals surface area contributed by atoms with Crippen LogP contribution in [-0.2, 0) is 11.2 Å². The van der Waals surface area contributed by atoms with Gasteiger partial charge in [-0.25, -0.2) is 4.79 Å². The standard InChI is InChI=1S/C21H35NO5/c1-5-6-7-14-26-18-10-8-17(9-11-18)12-13-21(15-23,16-24)22-19(25)27-20(2,3)4/h8-11,23-24H,5-7,12-16H2,1-4H3,(H,22,25). The van der Waals surface area contributed by atoms with Crippen molar-refractivity contribution in [2.75, 3.05) is 19.8 Å². The molecule has 0 aliphatic heterocycles. The second kappa shape index (κ2) is 11.1. The minimum Gasteiger partial charge on any atom is -0.494 e. The number of amides is 1. The minimum atomic E-state index is -1.13. The number of carbonyl (C=O) groups excluding carboxylic acids is 1. The lowest BCUT2D eigenvalue weighted by Gasteiger charge is -2.32. The predicted molar refractivity (Wildman–Crippen MR) is 106 cm³/mol. The molecule has 154 valence electrons. The smallest absolute Gasteiger partial charge is 0.408 e. The highest BCUT2D eigenvalue weighted by Crippen LogP contribution is 2.19. The van der Waals surface area contributed by atoms with Gasteiger partial charge in [-0.2, -0.15) is 0 Å². The summed E-state index contributed by atoms with van der Waals surface area (Å²) in [5, 5.41) is 22.1. The third-order valence-corrected chi connectivity index (χ3v) is 4.20. The molecule has 0 spiro atoms. The largest absolute Gasteiger partial charge is 0.494 e. The van der Waals surface area contributed by atoms with Crippen LogP contribution in [0.25, 0.3) is 0 Å². The van der Waals surface area contributed by atoms with Crippen LogP contribution in [0.1, 0.15) is 58.9 Å². The number of hydrogen-bond donors (Lipinski definition) is 3. The summed E-state index contributed by atoms with van der Waals surface area (Å²) in [6, 6.07) is 7.76. The molecule has 1 rings (SSSR count). The topological polar surface area (TPSA) is 88.0 Å². The van der Waals surface area contributed by atoms with Gasteiger partial charge in [0.05, 0.1) is 25.4 Å². The van der Waals surface area contributed by atoms with Gasteiger partial charge in [0.25, 0.3) is 0 Å². The first kappa shape index (κ1) is 23.2. The molecule has 0 heterocycles. The Bertz CT molecular complexity index is 547. The van der Waals surface area contributed by atoms with Crippen molar-refractivity contribution in [1.29, 1.82) is 0 Å². The Kier molecular flexibility index (Phi) is 9.60. The van der Waals surface area contributed by atoms with Gasteiger partial charge >= 0.3 is 6.09 Å². The lowest BCUT2D eigenvalue weighted by atomic mass is 9.93. The normalized spacial score (nSPS) is 11.9. The third-order valence-electron chi connectivity index (χ3n) is 4.20. The van der Waals surface area contributed by atoms with Crippen molar-refractivity contribution >= 4 is 6.09 Å². The maximum Gasteiger partial charge on any atom is 0.408 e. The fourth-order valence-corrected chi connectivity index (χ4v) is 2.55. The highest BCUT2D eigenvalue weighted by Gasteiger charge is 2.32. The predicted octanol–water partition coefficient (Wildman–Crippen LogP) is 3.44. The van der Waals surface area contributed by atoms with Crippen molar-refractivity contribution in [2.45, 2.75) is 70.9 Å². The molecule has 3 N–H and O–H groups in total. The number of ether oxygens (including phenoxy) is 2. The molecule has 0 saturated carbocycles. The number of nitrogens with one attached hydrogen (secondary N) is 1. The Morgan fingerprint density at radius 1 is 1.07 bits per heavy atom. The molecule has 0 atom stereocenters. The molecule has 1 amide bonds. The molecule has 0 fully saturated rings. The maximum atomic E-state index is 12.0. The number of aryl methyl sites for hydroxylation is 1. The van der Waals surface area contributed by atoms with Crippen molar-refractivity contribution in [2.24, 2.45) is 0 Å². The number of carbonyl (C=O) groups is 1. The lowest BCUT2D eigenvalue weighted by Crippen LogP contribution is -2.55. The summed E-state index contributed by atoms with van der Waals surface area (Å²) in [6.45, 7) is 7.41. The molecule has 0 saturated heterocycles. The molecule has 1 aromatic rings. The Labute approximate surface area is 162 Å². The van der Waals surface area contributed by atoms with Crippen molar-refractivity contribution in [3.8, 4) is 5.75 Å². The van der Waals surface area contributed by atoms with E-state index >= 15 is 0 Å². The summed E-state index contributed by atoms with van der Waals surface area (Å²) in [5.41, 5.74) is -0.737. The van der Waals surface area contributed by atoms with E-state index in [1.165, 1.54) is 0 Å². The van der Waals surface area contributed by atoms with Crippen LogP contribution in [0.3, 0.4) is 0 Å². The van der Waals surface area contributed by atoms with E-state index in [0.29, 0.717) is 19.4 Å². The number of alkyl carbamates (subject to hydrolysis) is 1. The van der Waals surface area contributed by atoms with Crippen LogP contribution in [-0.4, -0.2) is 47.3 Å². The number of unbranched alkanes of at least 4 members (excludes halogenated alkanes) is 2. The number of rotatable bonds is 11. The average molecular weight is 382 g/mol. The molecule has 0 unspecified atom stereocenters. The fraction of sp³-hybridized carbons (Fsp3) is 0.667. The van der Waals surface area contributed by atoms with Crippen LogP contribution >= 0.6 is 0 Å². The molecular formula is C21H35NO5. The van der Waals surface area contributed by atoms with Gasteiger partial charge < -0.3 is 25.0 Å². The second-order valence-corrected chi connectivity index (χ2v) is 7.92. The van der Waals surface area contributed by atoms with Crippen molar-refractivity contribution in [3.05, 3.63) is 29.8 Å². The molecule has 0 aliphatic carbocycles.